The van der Waals surface area contributed by atoms with Gasteiger partial charge in [0, 0.05) is 18.0 Å². The lowest BCUT2D eigenvalue weighted by Crippen LogP contribution is -2.26. The summed E-state index contributed by atoms with van der Waals surface area (Å²) in [5.41, 5.74) is 4.62. The molecule has 1 N–H and O–H groups in total. The van der Waals surface area contributed by atoms with E-state index in [2.05, 4.69) is 17.4 Å². The van der Waals surface area contributed by atoms with Crippen LogP contribution in [0.25, 0.3) is 17.2 Å². The first-order chi connectivity index (χ1) is 16.3. The van der Waals surface area contributed by atoms with Gasteiger partial charge < -0.3 is 10.1 Å². The van der Waals surface area contributed by atoms with Crippen LogP contribution in [-0.2, 0) is 4.74 Å². The maximum Gasteiger partial charge on any atom is 0.454 e. The number of carbonyl (C=O) groups is 2. The Morgan fingerprint density at radius 1 is 0.912 bits per heavy atom. The van der Waals surface area contributed by atoms with E-state index in [1.807, 2.05) is 36.4 Å². The van der Waals surface area contributed by atoms with Crippen LogP contribution in [0.15, 0.2) is 78.9 Å². The van der Waals surface area contributed by atoms with Crippen LogP contribution in [0.3, 0.4) is 0 Å². The van der Waals surface area contributed by atoms with Crippen molar-refractivity contribution < 1.29 is 27.5 Å². The second kappa shape index (κ2) is 9.95. The maximum absolute atomic E-state index is 12.6. The topological polar surface area (TPSA) is 55.4 Å². The number of amides is 1. The van der Waals surface area contributed by atoms with Gasteiger partial charge in [0.15, 0.2) is 0 Å². The van der Waals surface area contributed by atoms with E-state index in [1.54, 1.807) is 18.2 Å². The highest BCUT2D eigenvalue weighted by molar-refractivity contribution is 6.00. The van der Waals surface area contributed by atoms with Gasteiger partial charge in [0.05, 0.1) is 0 Å². The summed E-state index contributed by atoms with van der Waals surface area (Å²) in [6, 6.07) is 21.5. The average molecular weight is 465 g/mol. The van der Waals surface area contributed by atoms with E-state index in [0.717, 1.165) is 28.3 Å². The minimum Gasteiger partial charge on any atom is -0.449 e. The van der Waals surface area contributed by atoms with Crippen LogP contribution in [0.5, 0.6) is 0 Å². The predicted octanol–water partition coefficient (Wildman–Crippen LogP) is 6.37. The Bertz CT molecular complexity index is 1190. The van der Waals surface area contributed by atoms with Crippen LogP contribution in [0, 0.1) is 0 Å². The molecule has 0 aromatic heterocycles. The number of ketones is 1. The van der Waals surface area contributed by atoms with Gasteiger partial charge >= 0.3 is 12.3 Å². The van der Waals surface area contributed by atoms with Gasteiger partial charge in [-0.15, -0.1) is 0 Å². The predicted molar refractivity (Wildman–Crippen MR) is 124 cm³/mol. The van der Waals surface area contributed by atoms with Crippen molar-refractivity contribution in [1.82, 2.24) is 5.32 Å². The molecule has 34 heavy (non-hydrogen) atoms. The monoisotopic (exact) mass is 465 g/mol. The molecule has 0 saturated heterocycles. The molecule has 7 heteroatoms. The standard InChI is InChI=1S/C27H22F3NO3/c28-27(29,30)25(32)19-10-7-9-18(16-19)8-5-6-15-31-26(33)34-17-24-22-13-3-1-11-20(22)21-12-2-4-14-23(21)24/h1-5,7-14,16,24H,6,15,17H2,(H,31,33). The first kappa shape index (κ1) is 23.3. The molecule has 3 aromatic rings. The second-order valence-electron chi connectivity index (χ2n) is 7.90. The number of hydrogen-bond acceptors (Lipinski definition) is 3. The van der Waals surface area contributed by atoms with Crippen molar-refractivity contribution in [2.24, 2.45) is 0 Å². The molecule has 0 unspecified atom stereocenters. The Hall–Kier alpha value is -3.87. The number of ether oxygens (including phenoxy) is 1. The summed E-state index contributed by atoms with van der Waals surface area (Å²) >= 11 is 0. The summed E-state index contributed by atoms with van der Waals surface area (Å²) in [6.45, 7) is 0.518. The van der Waals surface area contributed by atoms with Gasteiger partial charge in [-0.2, -0.15) is 13.2 Å². The highest BCUT2D eigenvalue weighted by atomic mass is 19.4. The molecule has 0 spiro atoms. The summed E-state index contributed by atoms with van der Waals surface area (Å²) in [5, 5.41) is 2.68. The number of rotatable bonds is 7. The lowest BCUT2D eigenvalue weighted by atomic mass is 9.98. The van der Waals surface area contributed by atoms with Gasteiger partial charge in [-0.3, -0.25) is 4.79 Å². The summed E-state index contributed by atoms with van der Waals surface area (Å²) in [4.78, 5) is 23.5. The SMILES string of the molecule is O=C(NCCC=Cc1cccc(C(=O)C(F)(F)F)c1)OCC1c2ccccc2-c2ccccc21. The Morgan fingerprint density at radius 2 is 1.56 bits per heavy atom. The van der Waals surface area contributed by atoms with Gasteiger partial charge in [-0.25, -0.2) is 4.79 Å². The van der Waals surface area contributed by atoms with Crippen molar-refractivity contribution in [2.45, 2.75) is 18.5 Å². The number of fused-ring (bicyclic) bond motifs is 3. The van der Waals surface area contributed by atoms with Crippen molar-refractivity contribution in [3.8, 4) is 11.1 Å². The van der Waals surface area contributed by atoms with E-state index < -0.39 is 23.6 Å². The molecular weight excluding hydrogens is 443 g/mol. The molecule has 1 aliphatic carbocycles. The van der Waals surface area contributed by atoms with E-state index in [1.165, 1.54) is 12.1 Å². The smallest absolute Gasteiger partial charge is 0.449 e. The number of alkyl carbamates (subject to hydrolysis) is 1. The van der Waals surface area contributed by atoms with Gasteiger partial charge in [-0.1, -0.05) is 78.9 Å². The third-order valence-corrected chi connectivity index (χ3v) is 5.64. The highest BCUT2D eigenvalue weighted by Crippen LogP contribution is 2.44. The Labute approximate surface area is 195 Å². The zero-order chi connectivity index (χ0) is 24.1. The van der Waals surface area contributed by atoms with Gasteiger partial charge in [0.2, 0.25) is 0 Å². The number of Topliss-reactive ketones (excluding diaryl/α,β-unsaturated/α-hetero) is 1. The first-order valence-electron chi connectivity index (χ1n) is 10.8. The summed E-state index contributed by atoms with van der Waals surface area (Å²) in [7, 11) is 0. The van der Waals surface area contributed by atoms with Crippen LogP contribution in [0.4, 0.5) is 18.0 Å². The van der Waals surface area contributed by atoms with E-state index in [-0.39, 0.29) is 12.5 Å². The molecule has 4 nitrogen and oxygen atoms in total. The fourth-order valence-corrected chi connectivity index (χ4v) is 4.07. The lowest BCUT2D eigenvalue weighted by molar-refractivity contribution is -0.0885. The van der Waals surface area contributed by atoms with Crippen LogP contribution in [0.1, 0.15) is 39.4 Å². The minimum atomic E-state index is -4.91. The average Bonchev–Trinajstić information content (AvgIpc) is 3.15. The van der Waals surface area contributed by atoms with E-state index >= 15 is 0 Å². The van der Waals surface area contributed by atoms with Gasteiger partial charge in [0.25, 0.3) is 5.78 Å². The number of carbonyl (C=O) groups excluding carboxylic acids is 2. The summed E-state index contributed by atoms with van der Waals surface area (Å²) in [5.74, 6) is -1.90. The minimum absolute atomic E-state index is 0.0234. The number of nitrogens with one attached hydrogen (secondary N) is 1. The van der Waals surface area contributed by atoms with Crippen LogP contribution < -0.4 is 5.32 Å². The second-order valence-corrected chi connectivity index (χ2v) is 7.90. The number of benzene rings is 3. The molecule has 0 radical (unpaired) electrons. The van der Waals surface area contributed by atoms with Gasteiger partial charge in [-0.05, 0) is 40.3 Å². The zero-order valence-electron chi connectivity index (χ0n) is 18.1. The molecule has 0 aliphatic heterocycles. The summed E-state index contributed by atoms with van der Waals surface area (Å²) in [6.07, 6.45) is -1.68. The lowest BCUT2D eigenvalue weighted by Gasteiger charge is -2.14. The third-order valence-electron chi connectivity index (χ3n) is 5.64. The Morgan fingerprint density at radius 3 is 2.21 bits per heavy atom. The molecule has 0 bridgehead atoms. The zero-order valence-corrected chi connectivity index (χ0v) is 18.1. The van der Waals surface area contributed by atoms with Crippen molar-refractivity contribution in [2.75, 3.05) is 13.2 Å². The molecule has 1 amide bonds. The van der Waals surface area contributed by atoms with Crippen LogP contribution in [-0.4, -0.2) is 31.2 Å². The van der Waals surface area contributed by atoms with Crippen molar-refractivity contribution in [1.29, 1.82) is 0 Å². The van der Waals surface area contributed by atoms with E-state index in [9.17, 15) is 22.8 Å². The van der Waals surface area contributed by atoms with E-state index in [0.29, 0.717) is 18.5 Å². The molecule has 3 aromatic carbocycles. The van der Waals surface area contributed by atoms with Crippen LogP contribution in [0.2, 0.25) is 0 Å². The maximum atomic E-state index is 12.6. The summed E-state index contributed by atoms with van der Waals surface area (Å²) < 4.78 is 43.2. The molecule has 0 atom stereocenters. The molecule has 1 aliphatic rings. The molecule has 0 saturated carbocycles. The number of halogens is 3. The Kier molecular flexibility index (Phi) is 6.82. The molecule has 0 fully saturated rings. The molecular formula is C27H22F3NO3. The molecule has 4 rings (SSSR count). The largest absolute Gasteiger partial charge is 0.454 e. The van der Waals surface area contributed by atoms with Gasteiger partial charge in [0.1, 0.15) is 6.61 Å². The van der Waals surface area contributed by atoms with Crippen molar-refractivity contribution >= 4 is 18.0 Å². The fourth-order valence-electron chi connectivity index (χ4n) is 4.07. The number of alkyl halides is 3. The van der Waals surface area contributed by atoms with Crippen molar-refractivity contribution in [3.05, 3.63) is 101 Å². The van der Waals surface area contributed by atoms with Crippen molar-refractivity contribution in [3.63, 3.8) is 0 Å². The fraction of sp³-hybridized carbons (Fsp3) is 0.185. The quantitative estimate of drug-likeness (QED) is 0.326. The highest BCUT2D eigenvalue weighted by Gasteiger charge is 2.39. The molecule has 0 heterocycles. The Balaban J connectivity index is 1.26. The first-order valence-corrected chi connectivity index (χ1v) is 10.8. The van der Waals surface area contributed by atoms with E-state index in [4.69, 9.17) is 4.74 Å². The normalized spacial score (nSPS) is 12.9. The third kappa shape index (κ3) is 5.20. The molecule has 174 valence electrons. The number of hydrogen-bond donors (Lipinski definition) is 1. The van der Waals surface area contributed by atoms with Crippen LogP contribution >= 0.6 is 0 Å².